The van der Waals surface area contributed by atoms with Crippen LogP contribution in [0.3, 0.4) is 0 Å². The second kappa shape index (κ2) is 9.68. The molecule has 0 bridgehead atoms. The van der Waals surface area contributed by atoms with Crippen LogP contribution < -0.4 is 20.3 Å². The van der Waals surface area contributed by atoms with E-state index < -0.39 is 5.82 Å². The summed E-state index contributed by atoms with van der Waals surface area (Å²) in [7, 11) is 1.61. The molecule has 0 saturated carbocycles. The van der Waals surface area contributed by atoms with Crippen molar-refractivity contribution < 1.29 is 18.7 Å². The topological polar surface area (TPSA) is 70.7 Å². The number of thiophene rings is 1. The van der Waals surface area contributed by atoms with Crippen LogP contribution in [0.4, 0.5) is 15.8 Å². The van der Waals surface area contributed by atoms with Gasteiger partial charge < -0.3 is 20.2 Å². The molecular weight excluding hydrogens is 453 g/mol. The van der Waals surface area contributed by atoms with Gasteiger partial charge in [0.2, 0.25) is 0 Å². The zero-order valence-corrected chi connectivity index (χ0v) is 18.8. The number of hydrogen-bond donors (Lipinski definition) is 2. The average molecular weight is 474 g/mol. The molecule has 166 valence electrons. The van der Waals surface area contributed by atoms with E-state index in [0.717, 1.165) is 16.7 Å². The standard InChI is InChI=1S/C23H21ClFN3O3S/c1-26-19-11-20-16(10-17(19)25)23(30)28(13-31-20)15-4-2-14(3-5-15)12-27-18(8-9-29)21-6-7-22(24)32-21/h2-7,9-11,18,26-27H,8,12-13H2,1H3. The number of amides is 1. The predicted octanol–water partition coefficient (Wildman–Crippen LogP) is 5.00. The highest BCUT2D eigenvalue weighted by Gasteiger charge is 2.28. The lowest BCUT2D eigenvalue weighted by molar-refractivity contribution is -0.108. The molecule has 4 rings (SSSR count). The quantitative estimate of drug-likeness (QED) is 0.450. The van der Waals surface area contributed by atoms with Crippen LogP contribution in [-0.4, -0.2) is 26.0 Å². The largest absolute Gasteiger partial charge is 0.472 e. The minimum atomic E-state index is -0.511. The minimum Gasteiger partial charge on any atom is -0.472 e. The molecule has 2 N–H and O–H groups in total. The van der Waals surface area contributed by atoms with Gasteiger partial charge in [-0.3, -0.25) is 9.69 Å². The molecule has 0 aliphatic carbocycles. The highest BCUT2D eigenvalue weighted by Crippen LogP contribution is 2.33. The minimum absolute atomic E-state index is 0.0404. The van der Waals surface area contributed by atoms with Gasteiger partial charge in [-0.15, -0.1) is 11.3 Å². The molecule has 0 spiro atoms. The average Bonchev–Trinajstić information content (AvgIpc) is 3.23. The fourth-order valence-corrected chi connectivity index (χ4v) is 4.66. The lowest BCUT2D eigenvalue weighted by atomic mass is 10.1. The monoisotopic (exact) mass is 473 g/mol. The number of halogens is 2. The van der Waals surface area contributed by atoms with Crippen LogP contribution in [0.2, 0.25) is 4.34 Å². The Kier molecular flexibility index (Phi) is 6.74. The maximum absolute atomic E-state index is 14.1. The number of anilines is 2. The van der Waals surface area contributed by atoms with Crippen LogP contribution in [0.1, 0.15) is 33.3 Å². The number of benzene rings is 2. The van der Waals surface area contributed by atoms with Gasteiger partial charge in [-0.25, -0.2) is 4.39 Å². The number of carbonyl (C=O) groups is 2. The van der Waals surface area contributed by atoms with E-state index in [4.69, 9.17) is 16.3 Å². The third-order valence-corrected chi connectivity index (χ3v) is 6.58. The maximum Gasteiger partial charge on any atom is 0.264 e. The molecular formula is C23H21ClFN3O3S. The molecule has 3 aromatic rings. The summed E-state index contributed by atoms with van der Waals surface area (Å²) >= 11 is 7.46. The van der Waals surface area contributed by atoms with Crippen molar-refractivity contribution in [2.75, 3.05) is 24.0 Å². The van der Waals surface area contributed by atoms with Crippen molar-refractivity contribution in [1.29, 1.82) is 0 Å². The van der Waals surface area contributed by atoms with E-state index in [9.17, 15) is 14.0 Å². The second-order valence-electron chi connectivity index (χ2n) is 7.23. The van der Waals surface area contributed by atoms with Crippen molar-refractivity contribution in [3.8, 4) is 5.75 Å². The molecule has 32 heavy (non-hydrogen) atoms. The van der Waals surface area contributed by atoms with E-state index in [1.54, 1.807) is 7.05 Å². The van der Waals surface area contributed by atoms with Gasteiger partial charge in [-0.2, -0.15) is 0 Å². The van der Waals surface area contributed by atoms with Gasteiger partial charge >= 0.3 is 0 Å². The van der Waals surface area contributed by atoms with Crippen molar-refractivity contribution in [1.82, 2.24) is 5.32 Å². The van der Waals surface area contributed by atoms with Crippen molar-refractivity contribution in [2.45, 2.75) is 19.0 Å². The third kappa shape index (κ3) is 4.62. The van der Waals surface area contributed by atoms with Gasteiger partial charge in [-0.1, -0.05) is 23.7 Å². The summed E-state index contributed by atoms with van der Waals surface area (Å²) in [6, 6.07) is 13.7. The number of carbonyl (C=O) groups excluding carboxylic acids is 2. The summed E-state index contributed by atoms with van der Waals surface area (Å²) in [6.45, 7) is 0.582. The fraction of sp³-hybridized carbons (Fsp3) is 0.217. The molecule has 9 heteroatoms. The molecule has 0 fully saturated rings. The van der Waals surface area contributed by atoms with E-state index in [1.807, 2.05) is 36.4 Å². The zero-order valence-electron chi connectivity index (χ0n) is 17.2. The summed E-state index contributed by atoms with van der Waals surface area (Å²) in [5.41, 5.74) is 2.10. The zero-order chi connectivity index (χ0) is 22.7. The Balaban J connectivity index is 1.45. The SMILES string of the molecule is CNc1cc2c(cc1F)C(=O)N(c1ccc(CNC(CC=O)c3ccc(Cl)s3)cc1)CO2. The molecule has 1 unspecified atom stereocenters. The molecule has 6 nitrogen and oxygen atoms in total. The summed E-state index contributed by atoms with van der Waals surface area (Å²) < 4.78 is 20.5. The van der Waals surface area contributed by atoms with E-state index in [0.29, 0.717) is 28.7 Å². The molecule has 1 amide bonds. The van der Waals surface area contributed by atoms with Crippen LogP contribution >= 0.6 is 22.9 Å². The van der Waals surface area contributed by atoms with Crippen molar-refractivity contribution >= 4 is 46.5 Å². The van der Waals surface area contributed by atoms with Gasteiger partial charge in [0, 0.05) is 42.7 Å². The normalized spacial score (nSPS) is 14.0. The molecule has 1 aliphatic rings. The number of ether oxygens (including phenoxy) is 1. The summed E-state index contributed by atoms with van der Waals surface area (Å²) in [5, 5.41) is 6.11. The van der Waals surface area contributed by atoms with Gasteiger partial charge in [0.05, 0.1) is 15.6 Å². The molecule has 0 saturated heterocycles. The number of aldehydes is 1. The number of nitrogens with one attached hydrogen (secondary N) is 2. The van der Waals surface area contributed by atoms with Gasteiger partial charge in [0.1, 0.15) is 17.9 Å². The molecule has 1 aliphatic heterocycles. The number of hydrogen-bond acceptors (Lipinski definition) is 6. The van der Waals surface area contributed by atoms with Gasteiger partial charge in [-0.05, 0) is 35.9 Å². The Morgan fingerprint density at radius 1 is 1.25 bits per heavy atom. The van der Waals surface area contributed by atoms with Crippen LogP contribution in [0.5, 0.6) is 5.75 Å². The van der Waals surface area contributed by atoms with Gasteiger partial charge in [0.25, 0.3) is 5.91 Å². The molecule has 0 radical (unpaired) electrons. The lowest BCUT2D eigenvalue weighted by Gasteiger charge is -2.29. The van der Waals surface area contributed by atoms with E-state index in [-0.39, 0.29) is 29.9 Å². The highest BCUT2D eigenvalue weighted by atomic mass is 35.5. The first-order chi connectivity index (χ1) is 15.5. The molecule has 2 aromatic carbocycles. The van der Waals surface area contributed by atoms with Crippen molar-refractivity contribution in [2.24, 2.45) is 0 Å². The van der Waals surface area contributed by atoms with Crippen LogP contribution in [0.25, 0.3) is 0 Å². The molecule has 1 atom stereocenters. The highest BCUT2D eigenvalue weighted by molar-refractivity contribution is 7.16. The summed E-state index contributed by atoms with van der Waals surface area (Å²) in [6.07, 6.45) is 1.23. The second-order valence-corrected chi connectivity index (χ2v) is 8.98. The first-order valence-electron chi connectivity index (χ1n) is 9.97. The number of rotatable bonds is 8. The summed E-state index contributed by atoms with van der Waals surface area (Å²) in [5.74, 6) is -0.476. The fourth-order valence-electron chi connectivity index (χ4n) is 3.51. The van der Waals surface area contributed by atoms with E-state index >= 15 is 0 Å². The lowest BCUT2D eigenvalue weighted by Crippen LogP contribution is -2.38. The Morgan fingerprint density at radius 3 is 2.69 bits per heavy atom. The molecule has 1 aromatic heterocycles. The van der Waals surface area contributed by atoms with Gasteiger partial charge in [0.15, 0.2) is 6.73 Å². The number of nitrogens with zero attached hydrogens (tertiary/aromatic N) is 1. The van der Waals surface area contributed by atoms with E-state index in [1.165, 1.54) is 28.4 Å². The Morgan fingerprint density at radius 2 is 2.03 bits per heavy atom. The predicted molar refractivity (Wildman–Crippen MR) is 124 cm³/mol. The Bertz CT molecular complexity index is 1140. The first-order valence-corrected chi connectivity index (χ1v) is 11.2. The first kappa shape index (κ1) is 22.3. The van der Waals surface area contributed by atoms with Crippen LogP contribution in [0, 0.1) is 5.82 Å². The van der Waals surface area contributed by atoms with Crippen molar-refractivity contribution in [3.05, 3.63) is 74.7 Å². The Hall–Kier alpha value is -2.94. The van der Waals surface area contributed by atoms with E-state index in [2.05, 4.69) is 10.6 Å². The third-order valence-electron chi connectivity index (χ3n) is 5.23. The summed E-state index contributed by atoms with van der Waals surface area (Å²) in [4.78, 5) is 26.4. The van der Waals surface area contributed by atoms with Crippen LogP contribution in [0.15, 0.2) is 48.5 Å². The Labute approximate surface area is 193 Å². The van der Waals surface area contributed by atoms with Crippen molar-refractivity contribution in [3.63, 3.8) is 0 Å². The number of fused-ring (bicyclic) bond motifs is 1. The smallest absolute Gasteiger partial charge is 0.264 e. The maximum atomic E-state index is 14.1. The van der Waals surface area contributed by atoms with Crippen LogP contribution in [-0.2, 0) is 11.3 Å². The molecule has 2 heterocycles.